The van der Waals surface area contributed by atoms with Crippen molar-refractivity contribution in [2.45, 2.75) is 18.4 Å². The summed E-state index contributed by atoms with van der Waals surface area (Å²) in [4.78, 5) is 16.6. The summed E-state index contributed by atoms with van der Waals surface area (Å²) in [5.74, 6) is -0.675. The third-order valence-corrected chi connectivity index (χ3v) is 3.94. The van der Waals surface area contributed by atoms with Crippen molar-refractivity contribution in [3.05, 3.63) is 71.5 Å². The number of ether oxygens (including phenoxy) is 1. The van der Waals surface area contributed by atoms with E-state index >= 15 is 0 Å². The lowest BCUT2D eigenvalue weighted by atomic mass is 9.89. The molecule has 0 bridgehead atoms. The maximum absolute atomic E-state index is 13.1. The standard InChI is InChI=1S/C18H16FNO2/c1-22-18(21)17-15(12-5-3-2-4-6-12)11-16(20-17)13-7-9-14(19)10-8-13/h2-10,15,17H,11H2,1H3/t15-,17-/m1/s1. The zero-order valence-corrected chi connectivity index (χ0v) is 12.2. The number of carbonyl (C=O) groups is 1. The number of hydrogen-bond acceptors (Lipinski definition) is 3. The second-order valence-electron chi connectivity index (χ2n) is 5.27. The SMILES string of the molecule is COC(=O)[C@@H]1N=C(c2ccc(F)cc2)C[C@@H]1c1ccccc1. The van der Waals surface area contributed by atoms with Gasteiger partial charge in [0.05, 0.1) is 7.11 Å². The minimum Gasteiger partial charge on any atom is -0.467 e. The molecule has 0 spiro atoms. The molecular formula is C18H16FNO2. The van der Waals surface area contributed by atoms with Gasteiger partial charge in [0.25, 0.3) is 0 Å². The van der Waals surface area contributed by atoms with Crippen molar-refractivity contribution in [3.8, 4) is 0 Å². The molecule has 0 saturated heterocycles. The normalized spacial score (nSPS) is 20.5. The third-order valence-electron chi connectivity index (χ3n) is 3.94. The second kappa shape index (κ2) is 6.10. The first-order valence-electron chi connectivity index (χ1n) is 7.14. The van der Waals surface area contributed by atoms with E-state index < -0.39 is 6.04 Å². The second-order valence-corrected chi connectivity index (χ2v) is 5.27. The molecule has 0 N–H and O–H groups in total. The van der Waals surface area contributed by atoms with E-state index in [1.54, 1.807) is 12.1 Å². The van der Waals surface area contributed by atoms with Gasteiger partial charge in [-0.3, -0.25) is 4.99 Å². The van der Waals surface area contributed by atoms with E-state index in [0.717, 1.165) is 16.8 Å². The Labute approximate surface area is 128 Å². The lowest BCUT2D eigenvalue weighted by molar-refractivity contribution is -0.142. The van der Waals surface area contributed by atoms with Crippen molar-refractivity contribution in [1.82, 2.24) is 0 Å². The number of halogens is 1. The molecule has 22 heavy (non-hydrogen) atoms. The highest BCUT2D eigenvalue weighted by molar-refractivity contribution is 6.04. The van der Waals surface area contributed by atoms with Crippen molar-refractivity contribution in [2.75, 3.05) is 7.11 Å². The highest BCUT2D eigenvalue weighted by Crippen LogP contribution is 2.34. The van der Waals surface area contributed by atoms with Gasteiger partial charge in [0, 0.05) is 11.6 Å². The molecule has 4 heteroatoms. The van der Waals surface area contributed by atoms with Gasteiger partial charge < -0.3 is 4.74 Å². The highest BCUT2D eigenvalue weighted by Gasteiger charge is 2.36. The van der Waals surface area contributed by atoms with Crippen LogP contribution in [0.25, 0.3) is 0 Å². The van der Waals surface area contributed by atoms with Gasteiger partial charge in [0.1, 0.15) is 5.82 Å². The van der Waals surface area contributed by atoms with Crippen molar-refractivity contribution in [3.63, 3.8) is 0 Å². The van der Waals surface area contributed by atoms with Gasteiger partial charge >= 0.3 is 5.97 Å². The van der Waals surface area contributed by atoms with E-state index in [2.05, 4.69) is 4.99 Å². The van der Waals surface area contributed by atoms with E-state index in [-0.39, 0.29) is 17.7 Å². The zero-order chi connectivity index (χ0) is 15.5. The summed E-state index contributed by atoms with van der Waals surface area (Å²) >= 11 is 0. The summed E-state index contributed by atoms with van der Waals surface area (Å²) in [6.07, 6.45) is 0.634. The molecule has 1 heterocycles. The smallest absolute Gasteiger partial charge is 0.331 e. The molecule has 2 atom stereocenters. The van der Waals surface area contributed by atoms with Crippen LogP contribution >= 0.6 is 0 Å². The van der Waals surface area contributed by atoms with E-state index in [1.165, 1.54) is 19.2 Å². The maximum Gasteiger partial charge on any atom is 0.331 e. The van der Waals surface area contributed by atoms with Gasteiger partial charge in [-0.2, -0.15) is 0 Å². The van der Waals surface area contributed by atoms with Crippen molar-refractivity contribution >= 4 is 11.7 Å². The van der Waals surface area contributed by atoms with E-state index in [1.807, 2.05) is 30.3 Å². The van der Waals surface area contributed by atoms with E-state index in [0.29, 0.717) is 6.42 Å². The molecular weight excluding hydrogens is 281 g/mol. The summed E-state index contributed by atoms with van der Waals surface area (Å²) in [7, 11) is 1.37. The van der Waals surface area contributed by atoms with Crippen LogP contribution < -0.4 is 0 Å². The molecule has 0 aliphatic carbocycles. The molecule has 0 aromatic heterocycles. The fourth-order valence-electron chi connectivity index (χ4n) is 2.80. The fourth-order valence-corrected chi connectivity index (χ4v) is 2.80. The molecule has 3 nitrogen and oxygen atoms in total. The number of hydrogen-bond donors (Lipinski definition) is 0. The van der Waals surface area contributed by atoms with Crippen LogP contribution in [0.5, 0.6) is 0 Å². The molecule has 0 saturated carbocycles. The molecule has 112 valence electrons. The van der Waals surface area contributed by atoms with Crippen molar-refractivity contribution in [2.24, 2.45) is 4.99 Å². The molecule has 0 unspecified atom stereocenters. The topological polar surface area (TPSA) is 38.7 Å². The number of aliphatic imine (C=N–C) groups is 1. The van der Waals surface area contributed by atoms with Gasteiger partial charge in [-0.15, -0.1) is 0 Å². The average molecular weight is 297 g/mol. The number of carbonyl (C=O) groups excluding carboxylic acids is 1. The largest absolute Gasteiger partial charge is 0.467 e. The Balaban J connectivity index is 1.94. The molecule has 2 aromatic carbocycles. The zero-order valence-electron chi connectivity index (χ0n) is 12.2. The lowest BCUT2D eigenvalue weighted by Gasteiger charge is -2.16. The Morgan fingerprint density at radius 3 is 2.45 bits per heavy atom. The highest BCUT2D eigenvalue weighted by atomic mass is 19.1. The summed E-state index contributed by atoms with van der Waals surface area (Å²) in [5, 5.41) is 0. The number of nitrogens with zero attached hydrogens (tertiary/aromatic N) is 1. The number of esters is 1. The Morgan fingerprint density at radius 2 is 1.82 bits per heavy atom. The van der Waals surface area contributed by atoms with Crippen molar-refractivity contribution in [1.29, 1.82) is 0 Å². The van der Waals surface area contributed by atoms with Gasteiger partial charge in [-0.25, -0.2) is 9.18 Å². The van der Waals surface area contributed by atoms with Crippen LogP contribution in [0.15, 0.2) is 59.6 Å². The van der Waals surface area contributed by atoms with Crippen LogP contribution in [-0.2, 0) is 9.53 Å². The van der Waals surface area contributed by atoms with Gasteiger partial charge in [0.2, 0.25) is 0 Å². The molecule has 0 fully saturated rings. The maximum atomic E-state index is 13.1. The summed E-state index contributed by atoms with van der Waals surface area (Å²) < 4.78 is 17.9. The predicted molar refractivity (Wildman–Crippen MR) is 82.5 cm³/mol. The number of methoxy groups -OCH3 is 1. The summed E-state index contributed by atoms with van der Waals surface area (Å²) in [6.45, 7) is 0. The predicted octanol–water partition coefficient (Wildman–Crippen LogP) is 3.34. The van der Waals surface area contributed by atoms with Gasteiger partial charge in [0.15, 0.2) is 6.04 Å². The Morgan fingerprint density at radius 1 is 1.14 bits per heavy atom. The van der Waals surface area contributed by atoms with E-state index in [9.17, 15) is 9.18 Å². The Hall–Kier alpha value is -2.49. The first-order chi connectivity index (χ1) is 10.7. The molecule has 1 aliphatic rings. The number of benzene rings is 2. The monoisotopic (exact) mass is 297 g/mol. The Bertz CT molecular complexity index is 695. The van der Waals surface area contributed by atoms with Gasteiger partial charge in [-0.1, -0.05) is 42.5 Å². The number of rotatable bonds is 3. The van der Waals surface area contributed by atoms with E-state index in [4.69, 9.17) is 4.74 Å². The van der Waals surface area contributed by atoms with Crippen LogP contribution in [-0.4, -0.2) is 24.8 Å². The lowest BCUT2D eigenvalue weighted by Crippen LogP contribution is -2.24. The third kappa shape index (κ3) is 2.77. The minimum absolute atomic E-state index is 0.0475. The minimum atomic E-state index is -0.549. The van der Waals surface area contributed by atoms with Crippen LogP contribution in [0.4, 0.5) is 4.39 Å². The molecule has 0 radical (unpaired) electrons. The van der Waals surface area contributed by atoms with Crippen molar-refractivity contribution < 1.29 is 13.9 Å². The molecule has 3 rings (SSSR count). The first-order valence-corrected chi connectivity index (χ1v) is 7.14. The summed E-state index contributed by atoms with van der Waals surface area (Å²) in [6, 6.07) is 15.4. The van der Waals surface area contributed by atoms with Gasteiger partial charge in [-0.05, 0) is 29.7 Å². The van der Waals surface area contributed by atoms with Crippen LogP contribution in [0.2, 0.25) is 0 Å². The molecule has 2 aromatic rings. The molecule has 0 amide bonds. The quantitative estimate of drug-likeness (QED) is 0.815. The molecule has 1 aliphatic heterocycles. The Kier molecular flexibility index (Phi) is 4.00. The average Bonchev–Trinajstić information content (AvgIpc) is 3.01. The first kappa shape index (κ1) is 14.4. The van der Waals surface area contributed by atoms with Crippen LogP contribution in [0.3, 0.4) is 0 Å². The van der Waals surface area contributed by atoms with Crippen LogP contribution in [0, 0.1) is 5.82 Å². The fraction of sp³-hybridized carbons (Fsp3) is 0.222. The van der Waals surface area contributed by atoms with Crippen LogP contribution in [0.1, 0.15) is 23.5 Å². The summed E-state index contributed by atoms with van der Waals surface area (Å²) in [5.41, 5.74) is 2.71.